The van der Waals surface area contributed by atoms with Crippen LogP contribution in [0.3, 0.4) is 0 Å². The average Bonchev–Trinajstić information content (AvgIpc) is 3.10. The van der Waals surface area contributed by atoms with Gasteiger partial charge in [-0.15, -0.1) is 21.5 Å². The lowest BCUT2D eigenvalue weighted by atomic mass is 9.99. The smallest absolute Gasteiger partial charge is 0.321 e. The van der Waals surface area contributed by atoms with Gasteiger partial charge in [-0.3, -0.25) is 0 Å². The quantitative estimate of drug-likeness (QED) is 0.853. The highest BCUT2D eigenvalue weighted by atomic mass is 32.1. The molecule has 1 aromatic heterocycles. The highest BCUT2D eigenvalue weighted by Gasteiger charge is 2.27. The van der Waals surface area contributed by atoms with Crippen molar-refractivity contribution in [2.24, 2.45) is 5.92 Å². The highest BCUT2D eigenvalue weighted by molar-refractivity contribution is 7.11. The van der Waals surface area contributed by atoms with Crippen molar-refractivity contribution in [2.45, 2.75) is 39.0 Å². The van der Waals surface area contributed by atoms with Crippen molar-refractivity contribution in [1.82, 2.24) is 15.1 Å². The number of hydrogen-bond donors (Lipinski definition) is 1. The number of carbonyl (C=O) groups is 1. The van der Waals surface area contributed by atoms with E-state index in [9.17, 15) is 4.79 Å². The predicted octanol–water partition coefficient (Wildman–Crippen LogP) is 4.16. The molecular formula is C19H26N4O2S. The number of para-hydroxylation sites is 2. The number of carbonyl (C=O) groups excluding carboxylic acids is 1. The Labute approximate surface area is 158 Å². The van der Waals surface area contributed by atoms with E-state index in [0.29, 0.717) is 23.9 Å². The van der Waals surface area contributed by atoms with Crippen LogP contribution in [0, 0.1) is 5.92 Å². The number of hydrogen-bond acceptors (Lipinski definition) is 5. The third kappa shape index (κ3) is 4.52. The summed E-state index contributed by atoms with van der Waals surface area (Å²) in [5.74, 6) is 1.51. The van der Waals surface area contributed by atoms with E-state index in [-0.39, 0.29) is 11.9 Å². The standard InChI is InChI=1S/C19H26N4O2S/c1-13(2)11-17-21-22-18(26-17)14-7-6-10-23(12-14)19(24)20-15-8-4-5-9-16(15)25-3/h4-5,8-9,13-14H,6-7,10-12H2,1-3H3,(H,20,24). The Morgan fingerprint density at radius 2 is 2.19 bits per heavy atom. The van der Waals surface area contributed by atoms with Crippen LogP contribution < -0.4 is 10.1 Å². The average molecular weight is 375 g/mol. The molecule has 0 bridgehead atoms. The third-order valence-corrected chi connectivity index (χ3v) is 5.58. The van der Waals surface area contributed by atoms with Crippen molar-refractivity contribution in [3.63, 3.8) is 0 Å². The van der Waals surface area contributed by atoms with Gasteiger partial charge >= 0.3 is 6.03 Å². The number of rotatable bonds is 5. The van der Waals surface area contributed by atoms with Crippen LogP contribution in [0.15, 0.2) is 24.3 Å². The molecule has 26 heavy (non-hydrogen) atoms. The zero-order valence-corrected chi connectivity index (χ0v) is 16.4. The normalized spacial score (nSPS) is 17.4. The molecule has 2 heterocycles. The van der Waals surface area contributed by atoms with Crippen molar-refractivity contribution < 1.29 is 9.53 Å². The molecule has 0 saturated carbocycles. The Bertz CT molecular complexity index is 747. The lowest BCUT2D eigenvalue weighted by molar-refractivity contribution is 0.192. The summed E-state index contributed by atoms with van der Waals surface area (Å²) in [7, 11) is 1.60. The minimum atomic E-state index is -0.0916. The van der Waals surface area contributed by atoms with Crippen LogP contribution in [0.4, 0.5) is 10.5 Å². The van der Waals surface area contributed by atoms with Gasteiger partial charge in [0.25, 0.3) is 0 Å². The minimum Gasteiger partial charge on any atom is -0.495 e. The Morgan fingerprint density at radius 3 is 2.96 bits per heavy atom. The summed E-state index contributed by atoms with van der Waals surface area (Å²) in [5, 5.41) is 13.8. The molecule has 1 unspecified atom stereocenters. The van der Waals surface area contributed by atoms with Gasteiger partial charge in [0.05, 0.1) is 12.8 Å². The Kier molecular flexibility index (Phi) is 6.08. The fourth-order valence-corrected chi connectivity index (χ4v) is 4.35. The van der Waals surface area contributed by atoms with Crippen LogP contribution in [0.5, 0.6) is 5.75 Å². The van der Waals surface area contributed by atoms with Gasteiger partial charge in [0.1, 0.15) is 15.8 Å². The Balaban J connectivity index is 1.64. The Morgan fingerprint density at radius 1 is 1.38 bits per heavy atom. The van der Waals surface area contributed by atoms with E-state index in [1.54, 1.807) is 18.4 Å². The zero-order chi connectivity index (χ0) is 18.5. The number of anilines is 1. The number of methoxy groups -OCH3 is 1. The summed E-state index contributed by atoms with van der Waals surface area (Å²) in [5.41, 5.74) is 0.692. The van der Waals surface area contributed by atoms with Crippen molar-refractivity contribution >= 4 is 23.1 Å². The first-order chi connectivity index (χ1) is 12.6. The molecule has 0 aliphatic carbocycles. The number of nitrogens with one attached hydrogen (secondary N) is 1. The van der Waals surface area contributed by atoms with E-state index in [4.69, 9.17) is 4.74 Å². The van der Waals surface area contributed by atoms with Crippen LogP contribution in [-0.4, -0.2) is 41.3 Å². The number of amides is 2. The first kappa shape index (κ1) is 18.6. The van der Waals surface area contributed by atoms with E-state index in [0.717, 1.165) is 35.8 Å². The van der Waals surface area contributed by atoms with Crippen molar-refractivity contribution in [3.05, 3.63) is 34.3 Å². The molecule has 1 aliphatic heterocycles. The number of aromatic nitrogens is 2. The third-order valence-electron chi connectivity index (χ3n) is 4.47. The second kappa shape index (κ2) is 8.49. The number of urea groups is 1. The molecule has 2 amide bonds. The van der Waals surface area contributed by atoms with Gasteiger partial charge < -0.3 is 15.0 Å². The molecule has 2 aromatic rings. The van der Waals surface area contributed by atoms with E-state index < -0.39 is 0 Å². The Hall–Kier alpha value is -2.15. The number of piperidine rings is 1. The molecule has 1 N–H and O–H groups in total. The van der Waals surface area contributed by atoms with Gasteiger partial charge in [-0.05, 0) is 30.9 Å². The molecule has 1 saturated heterocycles. The van der Waals surface area contributed by atoms with Gasteiger partial charge in [0.15, 0.2) is 0 Å². The number of likely N-dealkylation sites (tertiary alicyclic amines) is 1. The van der Waals surface area contributed by atoms with Gasteiger partial charge in [-0.25, -0.2) is 4.79 Å². The molecule has 1 aromatic carbocycles. The maximum absolute atomic E-state index is 12.7. The van der Waals surface area contributed by atoms with E-state index in [1.165, 1.54) is 0 Å². The zero-order valence-electron chi connectivity index (χ0n) is 15.6. The lowest BCUT2D eigenvalue weighted by Crippen LogP contribution is -2.41. The lowest BCUT2D eigenvalue weighted by Gasteiger charge is -2.31. The van der Waals surface area contributed by atoms with Gasteiger partial charge in [-0.1, -0.05) is 26.0 Å². The summed E-state index contributed by atoms with van der Waals surface area (Å²) >= 11 is 1.69. The second-order valence-corrected chi connectivity index (χ2v) is 8.14. The van der Waals surface area contributed by atoms with Gasteiger partial charge in [0, 0.05) is 25.4 Å². The molecule has 1 aliphatic rings. The van der Waals surface area contributed by atoms with Crippen LogP contribution in [-0.2, 0) is 6.42 Å². The summed E-state index contributed by atoms with van der Waals surface area (Å²) in [4.78, 5) is 14.6. The topological polar surface area (TPSA) is 67.3 Å². The van der Waals surface area contributed by atoms with E-state index in [1.807, 2.05) is 29.2 Å². The maximum atomic E-state index is 12.7. The molecule has 6 nitrogen and oxygen atoms in total. The first-order valence-corrected chi connectivity index (χ1v) is 9.89. The number of nitrogens with zero attached hydrogens (tertiary/aromatic N) is 3. The van der Waals surface area contributed by atoms with Gasteiger partial charge in [0.2, 0.25) is 0 Å². The molecule has 1 fully saturated rings. The summed E-state index contributed by atoms with van der Waals surface area (Å²) < 4.78 is 5.31. The first-order valence-electron chi connectivity index (χ1n) is 9.08. The van der Waals surface area contributed by atoms with Crippen LogP contribution in [0.2, 0.25) is 0 Å². The molecule has 0 spiro atoms. The number of ether oxygens (including phenoxy) is 1. The molecule has 0 radical (unpaired) electrons. The summed E-state index contributed by atoms with van der Waals surface area (Å²) in [6, 6.07) is 7.36. The minimum absolute atomic E-state index is 0.0916. The maximum Gasteiger partial charge on any atom is 0.321 e. The fraction of sp³-hybridized carbons (Fsp3) is 0.526. The highest BCUT2D eigenvalue weighted by Crippen LogP contribution is 2.30. The van der Waals surface area contributed by atoms with Crippen LogP contribution in [0.1, 0.15) is 42.6 Å². The summed E-state index contributed by atoms with van der Waals surface area (Å²) in [6.45, 7) is 5.81. The molecule has 1 atom stereocenters. The number of benzene rings is 1. The van der Waals surface area contributed by atoms with Crippen molar-refractivity contribution in [1.29, 1.82) is 0 Å². The molecule has 7 heteroatoms. The second-order valence-electron chi connectivity index (χ2n) is 7.05. The largest absolute Gasteiger partial charge is 0.495 e. The van der Waals surface area contributed by atoms with E-state index >= 15 is 0 Å². The fourth-order valence-electron chi connectivity index (χ4n) is 3.17. The SMILES string of the molecule is COc1ccccc1NC(=O)N1CCCC(c2nnc(CC(C)C)s2)C1. The molecule has 140 valence electrons. The van der Waals surface area contributed by atoms with Crippen LogP contribution in [0.25, 0.3) is 0 Å². The monoisotopic (exact) mass is 374 g/mol. The molecule has 3 rings (SSSR count). The predicted molar refractivity (Wildman–Crippen MR) is 104 cm³/mol. The molecular weight excluding hydrogens is 348 g/mol. The van der Waals surface area contributed by atoms with Gasteiger partial charge in [-0.2, -0.15) is 0 Å². The van der Waals surface area contributed by atoms with E-state index in [2.05, 4.69) is 29.4 Å². The summed E-state index contributed by atoms with van der Waals surface area (Å²) in [6.07, 6.45) is 2.99. The van der Waals surface area contributed by atoms with Crippen molar-refractivity contribution in [3.8, 4) is 5.75 Å². The van der Waals surface area contributed by atoms with Crippen LogP contribution >= 0.6 is 11.3 Å². The van der Waals surface area contributed by atoms with Crippen molar-refractivity contribution in [2.75, 3.05) is 25.5 Å².